The second-order valence-electron chi connectivity index (χ2n) is 7.71. The van der Waals surface area contributed by atoms with Gasteiger partial charge >= 0.3 is 18.5 Å². The van der Waals surface area contributed by atoms with Gasteiger partial charge in [-0.2, -0.15) is 39.5 Å². The first-order valence-corrected chi connectivity index (χ1v) is 9.78. The molecule has 8 bridgehead atoms. The second kappa shape index (κ2) is 7.30. The first-order valence-electron chi connectivity index (χ1n) is 9.78. The highest BCUT2D eigenvalue weighted by atomic mass is 19.4. The van der Waals surface area contributed by atoms with E-state index in [1.165, 1.54) is 12.1 Å². The van der Waals surface area contributed by atoms with Gasteiger partial charge < -0.3 is 15.0 Å². The van der Waals surface area contributed by atoms with Gasteiger partial charge in [0.05, 0.1) is 44.1 Å². The molecule has 3 aromatic rings. The molecule has 5 heterocycles. The van der Waals surface area contributed by atoms with Gasteiger partial charge in [0.1, 0.15) is 11.1 Å². The van der Waals surface area contributed by atoms with Crippen LogP contribution in [-0.4, -0.2) is 39.2 Å². The number of halogens is 9. The van der Waals surface area contributed by atoms with E-state index < -0.39 is 68.6 Å². The summed E-state index contributed by atoms with van der Waals surface area (Å²) in [5.41, 5.74) is -7.11. The number of nitrogens with one attached hydrogen (secondary N) is 3. The Hall–Kier alpha value is -3.90. The maximum absolute atomic E-state index is 14.0. The van der Waals surface area contributed by atoms with Crippen molar-refractivity contribution in [1.82, 2.24) is 15.0 Å². The van der Waals surface area contributed by atoms with Gasteiger partial charge in [-0.3, -0.25) is 0 Å². The molecule has 0 aliphatic carbocycles. The number of H-pyrrole nitrogens is 3. The van der Waals surface area contributed by atoms with Gasteiger partial charge in [-0.15, -0.1) is 0 Å². The van der Waals surface area contributed by atoms with Gasteiger partial charge in [0.15, 0.2) is 0 Å². The first-order chi connectivity index (χ1) is 16.2. The highest BCUT2D eigenvalue weighted by Crippen LogP contribution is 2.41. The maximum atomic E-state index is 14.0. The molecule has 2 aliphatic rings. The zero-order chi connectivity index (χ0) is 25.3. The summed E-state index contributed by atoms with van der Waals surface area (Å²) in [6.45, 7) is 0. The van der Waals surface area contributed by atoms with Crippen LogP contribution in [0.25, 0.3) is 16.7 Å². The van der Waals surface area contributed by atoms with E-state index in [9.17, 15) is 39.5 Å². The van der Waals surface area contributed by atoms with Crippen molar-refractivity contribution in [2.75, 3.05) is 0 Å². The number of hydrogen-bond acceptors (Lipinski definition) is 1. The standard InChI is InChI=1S/C22H11F9N4/c23-20(24,25)17-9-7-16(32-8-9)19(22(29,30)31)15-4-2-11(34-15)10-1-3-13(33-10)18(21(26,27)28)14-6-5-12(17)35-14/h1-8,32-34H. The molecule has 0 unspecified atom stereocenters. The van der Waals surface area contributed by atoms with Gasteiger partial charge in [-0.25, -0.2) is 4.99 Å². The lowest BCUT2D eigenvalue weighted by molar-refractivity contribution is -0.0703. The molecule has 0 aromatic carbocycles. The molecule has 13 heteroatoms. The largest absolute Gasteiger partial charge is 0.420 e. The number of allylic oxidation sites excluding steroid dienone is 3. The summed E-state index contributed by atoms with van der Waals surface area (Å²) in [4.78, 5) is 10.7. The lowest BCUT2D eigenvalue weighted by atomic mass is 10.0. The molecule has 2 aliphatic heterocycles. The van der Waals surface area contributed by atoms with E-state index in [1.54, 1.807) is 0 Å². The molecule has 5 rings (SSSR count). The SMILES string of the molecule is FC(F)(F)C1=C2C=CC(=N2)C(C(F)(F)F)=c2ccc([nH]2)=c2ccc([nH]2)=C(C(F)(F)F)c2cc1c[nH]2. The lowest BCUT2D eigenvalue weighted by Crippen LogP contribution is -2.26. The monoisotopic (exact) mass is 502 g/mol. The Bertz CT molecular complexity index is 1650. The Kier molecular flexibility index (Phi) is 4.77. The molecular weight excluding hydrogens is 491 g/mol. The number of alkyl halides is 9. The van der Waals surface area contributed by atoms with Crippen LogP contribution < -0.4 is 10.7 Å². The lowest BCUT2D eigenvalue weighted by Gasteiger charge is -2.13. The zero-order valence-corrected chi connectivity index (χ0v) is 17.0. The highest BCUT2D eigenvalue weighted by Gasteiger charge is 2.42. The van der Waals surface area contributed by atoms with E-state index in [1.807, 2.05) is 0 Å². The minimum absolute atomic E-state index is 0.0332. The summed E-state index contributed by atoms with van der Waals surface area (Å²) in [6.07, 6.45) is -12.9. The number of rotatable bonds is 0. The van der Waals surface area contributed by atoms with Crippen molar-refractivity contribution >= 4 is 22.4 Å². The van der Waals surface area contributed by atoms with E-state index in [0.29, 0.717) is 12.3 Å². The molecule has 0 saturated carbocycles. The van der Waals surface area contributed by atoms with Crippen LogP contribution in [0.4, 0.5) is 39.5 Å². The van der Waals surface area contributed by atoms with Crippen LogP contribution in [0.1, 0.15) is 11.3 Å². The third kappa shape index (κ3) is 3.90. The maximum Gasteiger partial charge on any atom is 0.420 e. The van der Waals surface area contributed by atoms with Crippen LogP contribution in [0.15, 0.2) is 59.4 Å². The quantitative estimate of drug-likeness (QED) is 0.373. The summed E-state index contributed by atoms with van der Waals surface area (Å²) in [6, 6.07) is 5.13. The smallest absolute Gasteiger partial charge is 0.360 e. The predicted molar refractivity (Wildman–Crippen MR) is 107 cm³/mol. The van der Waals surface area contributed by atoms with E-state index in [2.05, 4.69) is 19.9 Å². The minimum Gasteiger partial charge on any atom is -0.360 e. The third-order valence-electron chi connectivity index (χ3n) is 5.44. The Balaban J connectivity index is 2.00. The molecule has 0 amide bonds. The summed E-state index contributed by atoms with van der Waals surface area (Å²) in [5, 5.41) is -0.936. The van der Waals surface area contributed by atoms with Gasteiger partial charge in [0.2, 0.25) is 0 Å². The van der Waals surface area contributed by atoms with Crippen LogP contribution in [-0.2, 0) is 0 Å². The Morgan fingerprint density at radius 1 is 0.600 bits per heavy atom. The van der Waals surface area contributed by atoms with Crippen molar-refractivity contribution in [2.24, 2.45) is 4.99 Å². The summed E-state index contributed by atoms with van der Waals surface area (Å²) < 4.78 is 126. The molecule has 3 aromatic heterocycles. The average molecular weight is 502 g/mol. The van der Waals surface area contributed by atoms with Gasteiger partial charge in [-0.1, -0.05) is 0 Å². The zero-order valence-electron chi connectivity index (χ0n) is 17.0. The van der Waals surface area contributed by atoms with E-state index in [4.69, 9.17) is 0 Å². The summed E-state index contributed by atoms with van der Waals surface area (Å²) in [7, 11) is 0. The van der Waals surface area contributed by atoms with Crippen LogP contribution in [0.3, 0.4) is 0 Å². The van der Waals surface area contributed by atoms with Gasteiger partial charge in [-0.05, 0) is 42.5 Å². The van der Waals surface area contributed by atoms with Crippen molar-refractivity contribution in [3.05, 3.63) is 87.0 Å². The number of aromatic amines is 3. The normalized spacial score (nSPS) is 16.5. The predicted octanol–water partition coefficient (Wildman–Crippen LogP) is 4.73. The third-order valence-corrected chi connectivity index (χ3v) is 5.44. The molecule has 3 N–H and O–H groups in total. The highest BCUT2D eigenvalue weighted by molar-refractivity contribution is 6.27. The molecule has 35 heavy (non-hydrogen) atoms. The van der Waals surface area contributed by atoms with Gasteiger partial charge in [0.25, 0.3) is 0 Å². The van der Waals surface area contributed by atoms with Crippen LogP contribution in [0.2, 0.25) is 0 Å². The fourth-order valence-electron chi connectivity index (χ4n) is 4.06. The molecule has 0 spiro atoms. The number of aromatic nitrogens is 3. The molecule has 0 fully saturated rings. The van der Waals surface area contributed by atoms with E-state index in [0.717, 1.165) is 24.3 Å². The minimum atomic E-state index is -5.14. The molecular formula is C22H11F9N4. The fraction of sp³-hybridized carbons (Fsp3) is 0.136. The van der Waals surface area contributed by atoms with Crippen molar-refractivity contribution in [3.8, 4) is 0 Å². The second-order valence-corrected chi connectivity index (χ2v) is 7.71. The van der Waals surface area contributed by atoms with Crippen molar-refractivity contribution in [3.63, 3.8) is 0 Å². The number of hydrogen-bond donors (Lipinski definition) is 3. The number of aliphatic imine (C=N–C) groups is 1. The molecule has 182 valence electrons. The Morgan fingerprint density at radius 2 is 1.11 bits per heavy atom. The van der Waals surface area contributed by atoms with Crippen LogP contribution >= 0.6 is 0 Å². The topological polar surface area (TPSA) is 59.7 Å². The molecule has 0 atom stereocenters. The first kappa shape index (κ1) is 22.9. The van der Waals surface area contributed by atoms with E-state index in [-0.39, 0.29) is 10.7 Å². The fourth-order valence-corrected chi connectivity index (χ4v) is 4.06. The number of fused-ring (bicyclic) bond motifs is 7. The summed E-state index contributed by atoms with van der Waals surface area (Å²) in [5.74, 6) is 0. The van der Waals surface area contributed by atoms with Crippen molar-refractivity contribution in [2.45, 2.75) is 18.5 Å². The van der Waals surface area contributed by atoms with Gasteiger partial charge in [0, 0.05) is 11.8 Å². The van der Waals surface area contributed by atoms with Crippen LogP contribution in [0, 0.1) is 10.7 Å². The molecule has 0 radical (unpaired) electrons. The van der Waals surface area contributed by atoms with Crippen molar-refractivity contribution in [1.29, 1.82) is 0 Å². The van der Waals surface area contributed by atoms with Crippen LogP contribution in [0.5, 0.6) is 0 Å². The molecule has 4 nitrogen and oxygen atoms in total. The molecule has 0 saturated heterocycles. The Morgan fingerprint density at radius 3 is 1.66 bits per heavy atom. The average Bonchev–Trinajstić information content (AvgIpc) is 3.47. The Labute approximate surface area is 188 Å². The van der Waals surface area contributed by atoms with Crippen molar-refractivity contribution < 1.29 is 39.5 Å². The van der Waals surface area contributed by atoms with E-state index >= 15 is 0 Å². The summed E-state index contributed by atoms with van der Waals surface area (Å²) >= 11 is 0. The number of nitrogens with zero attached hydrogens (tertiary/aromatic N) is 1.